The largest absolute Gasteiger partial charge is 0.497 e. The number of hydrogen-bond acceptors (Lipinski definition) is 6. The Kier molecular flexibility index (Phi) is 7.91. The highest BCUT2D eigenvalue weighted by Gasteiger charge is 2.35. The Labute approximate surface area is 171 Å². The van der Waals surface area contributed by atoms with Crippen LogP contribution in [0.25, 0.3) is 0 Å². The van der Waals surface area contributed by atoms with Crippen LogP contribution in [-0.4, -0.2) is 80.8 Å². The minimum atomic E-state index is -0.400. The van der Waals surface area contributed by atoms with Gasteiger partial charge in [0.05, 0.1) is 25.9 Å². The molecule has 3 rings (SSSR count). The van der Waals surface area contributed by atoms with E-state index in [1.807, 2.05) is 0 Å². The van der Waals surface area contributed by atoms with Crippen LogP contribution in [0.2, 0.25) is 0 Å². The standard InChI is InChI=1S/C19H27N3O5.ClH/c1-25-13-3-5-15(17(11-13)26-2)18(23)21-7-9-22(10-8-21)19(24)16-6-4-14(12-20)27-16;/h3,5,11,14,16H,4,6-10,12,20H2,1-2H3;1H/t14-,16+;/m1./s1. The van der Waals surface area contributed by atoms with Crippen LogP contribution in [0, 0.1) is 0 Å². The Morgan fingerprint density at radius 1 is 1.11 bits per heavy atom. The van der Waals surface area contributed by atoms with Crippen molar-refractivity contribution in [3.63, 3.8) is 0 Å². The van der Waals surface area contributed by atoms with E-state index in [4.69, 9.17) is 19.9 Å². The summed E-state index contributed by atoms with van der Waals surface area (Å²) in [6.07, 6.45) is 1.11. The van der Waals surface area contributed by atoms with E-state index in [0.717, 1.165) is 6.42 Å². The molecule has 0 spiro atoms. The number of methoxy groups -OCH3 is 2. The number of ether oxygens (including phenoxy) is 3. The van der Waals surface area contributed by atoms with E-state index in [1.54, 1.807) is 35.1 Å². The molecule has 8 nitrogen and oxygen atoms in total. The molecule has 2 saturated heterocycles. The number of benzene rings is 1. The summed E-state index contributed by atoms with van der Waals surface area (Å²) in [5.41, 5.74) is 6.10. The number of carbonyl (C=O) groups excluding carboxylic acids is 2. The summed E-state index contributed by atoms with van der Waals surface area (Å²) < 4.78 is 16.2. The molecule has 2 aliphatic heterocycles. The molecule has 1 aromatic carbocycles. The molecule has 0 aliphatic carbocycles. The molecule has 0 unspecified atom stereocenters. The molecule has 2 heterocycles. The van der Waals surface area contributed by atoms with Crippen LogP contribution in [0.3, 0.4) is 0 Å². The topological polar surface area (TPSA) is 94.3 Å². The molecule has 28 heavy (non-hydrogen) atoms. The van der Waals surface area contributed by atoms with Gasteiger partial charge in [-0.2, -0.15) is 0 Å². The second-order valence-corrected chi connectivity index (χ2v) is 6.74. The van der Waals surface area contributed by atoms with Crippen LogP contribution in [-0.2, 0) is 9.53 Å². The van der Waals surface area contributed by atoms with Gasteiger partial charge < -0.3 is 29.7 Å². The van der Waals surface area contributed by atoms with E-state index in [2.05, 4.69) is 0 Å². The summed E-state index contributed by atoms with van der Waals surface area (Å²) in [7, 11) is 3.09. The van der Waals surface area contributed by atoms with Crippen molar-refractivity contribution in [2.24, 2.45) is 5.73 Å². The van der Waals surface area contributed by atoms with Crippen molar-refractivity contribution in [1.82, 2.24) is 9.80 Å². The molecular formula is C19H28ClN3O5. The molecule has 0 aromatic heterocycles. The van der Waals surface area contributed by atoms with Crippen molar-refractivity contribution in [1.29, 1.82) is 0 Å². The van der Waals surface area contributed by atoms with Gasteiger partial charge in [-0.1, -0.05) is 0 Å². The number of carbonyl (C=O) groups is 2. The summed E-state index contributed by atoms with van der Waals surface area (Å²) in [5.74, 6) is 0.998. The first-order valence-electron chi connectivity index (χ1n) is 9.23. The van der Waals surface area contributed by atoms with E-state index >= 15 is 0 Å². The maximum Gasteiger partial charge on any atom is 0.257 e. The fraction of sp³-hybridized carbons (Fsp3) is 0.579. The quantitative estimate of drug-likeness (QED) is 0.771. The Morgan fingerprint density at radius 2 is 1.79 bits per heavy atom. The zero-order valence-corrected chi connectivity index (χ0v) is 17.1. The third kappa shape index (κ3) is 4.68. The van der Waals surface area contributed by atoms with E-state index < -0.39 is 6.10 Å². The number of hydrogen-bond donors (Lipinski definition) is 1. The highest BCUT2D eigenvalue weighted by atomic mass is 35.5. The molecule has 2 N–H and O–H groups in total. The lowest BCUT2D eigenvalue weighted by molar-refractivity contribution is -0.144. The van der Waals surface area contributed by atoms with Gasteiger partial charge in [0.1, 0.15) is 17.6 Å². The van der Waals surface area contributed by atoms with Crippen molar-refractivity contribution < 1.29 is 23.8 Å². The summed E-state index contributed by atoms with van der Waals surface area (Å²) in [5, 5.41) is 0. The Morgan fingerprint density at radius 3 is 2.36 bits per heavy atom. The summed E-state index contributed by atoms with van der Waals surface area (Å²) >= 11 is 0. The fourth-order valence-corrected chi connectivity index (χ4v) is 3.54. The molecule has 0 bridgehead atoms. The molecule has 2 atom stereocenters. The van der Waals surface area contributed by atoms with Crippen molar-refractivity contribution >= 4 is 24.2 Å². The second kappa shape index (κ2) is 9.95. The zero-order chi connectivity index (χ0) is 19.4. The van der Waals surface area contributed by atoms with E-state index in [0.29, 0.717) is 56.2 Å². The normalized spacial score (nSPS) is 21.8. The van der Waals surface area contributed by atoms with Gasteiger partial charge in [0, 0.05) is 38.8 Å². The number of nitrogens with two attached hydrogens (primary N) is 1. The maximum atomic E-state index is 12.9. The number of halogens is 1. The molecule has 1 aromatic rings. The third-order valence-electron chi connectivity index (χ3n) is 5.16. The number of rotatable bonds is 5. The molecule has 9 heteroatoms. The Bertz CT molecular complexity index is 694. The number of piperazine rings is 1. The summed E-state index contributed by atoms with van der Waals surface area (Å²) in [6, 6.07) is 5.13. The first kappa shape index (κ1) is 22.3. The molecular weight excluding hydrogens is 386 g/mol. The van der Waals surface area contributed by atoms with Gasteiger partial charge in [0.25, 0.3) is 11.8 Å². The highest BCUT2D eigenvalue weighted by molar-refractivity contribution is 5.97. The average Bonchev–Trinajstić information content (AvgIpc) is 3.21. The highest BCUT2D eigenvalue weighted by Crippen LogP contribution is 2.26. The minimum Gasteiger partial charge on any atom is -0.497 e. The van der Waals surface area contributed by atoms with Crippen LogP contribution in [0.4, 0.5) is 0 Å². The Balaban J connectivity index is 0.00000280. The van der Waals surface area contributed by atoms with Gasteiger partial charge in [-0.3, -0.25) is 9.59 Å². The lowest BCUT2D eigenvalue weighted by Gasteiger charge is -2.36. The maximum absolute atomic E-state index is 12.9. The van der Waals surface area contributed by atoms with Crippen molar-refractivity contribution in [3.8, 4) is 11.5 Å². The van der Waals surface area contributed by atoms with Crippen molar-refractivity contribution in [2.45, 2.75) is 25.0 Å². The van der Waals surface area contributed by atoms with Crippen molar-refractivity contribution in [3.05, 3.63) is 23.8 Å². The number of amides is 2. The predicted octanol–water partition coefficient (Wildman–Crippen LogP) is 0.916. The smallest absolute Gasteiger partial charge is 0.257 e. The minimum absolute atomic E-state index is 0. The van der Waals surface area contributed by atoms with Crippen molar-refractivity contribution in [2.75, 3.05) is 46.9 Å². The van der Waals surface area contributed by atoms with Crippen LogP contribution >= 0.6 is 12.4 Å². The SMILES string of the molecule is COc1ccc(C(=O)N2CCN(C(=O)[C@@H]3CC[C@H](CN)O3)CC2)c(OC)c1.Cl. The second-order valence-electron chi connectivity index (χ2n) is 6.74. The molecule has 156 valence electrons. The zero-order valence-electron chi connectivity index (χ0n) is 16.3. The number of nitrogens with zero attached hydrogens (tertiary/aromatic N) is 2. The van der Waals surface area contributed by atoms with Gasteiger partial charge in [0.15, 0.2) is 0 Å². The molecule has 2 aliphatic rings. The molecule has 2 fully saturated rings. The van der Waals surface area contributed by atoms with Crippen LogP contribution < -0.4 is 15.2 Å². The van der Waals surface area contributed by atoms with Gasteiger partial charge in [-0.15, -0.1) is 12.4 Å². The average molecular weight is 414 g/mol. The molecule has 2 amide bonds. The summed E-state index contributed by atoms with van der Waals surface area (Å²) in [4.78, 5) is 29.0. The van der Waals surface area contributed by atoms with E-state index in [9.17, 15) is 9.59 Å². The van der Waals surface area contributed by atoms with Gasteiger partial charge in [-0.25, -0.2) is 0 Å². The van der Waals surface area contributed by atoms with Crippen LogP contribution in [0.5, 0.6) is 11.5 Å². The van der Waals surface area contributed by atoms with Crippen LogP contribution in [0.15, 0.2) is 18.2 Å². The predicted molar refractivity (Wildman–Crippen MR) is 106 cm³/mol. The van der Waals surface area contributed by atoms with E-state index in [1.165, 1.54) is 7.11 Å². The van der Waals surface area contributed by atoms with Crippen LogP contribution in [0.1, 0.15) is 23.2 Å². The monoisotopic (exact) mass is 413 g/mol. The lowest BCUT2D eigenvalue weighted by Crippen LogP contribution is -2.53. The fourth-order valence-electron chi connectivity index (χ4n) is 3.54. The third-order valence-corrected chi connectivity index (χ3v) is 5.16. The Hall–Kier alpha value is -2.03. The lowest BCUT2D eigenvalue weighted by atomic mass is 10.1. The first-order valence-corrected chi connectivity index (χ1v) is 9.23. The first-order chi connectivity index (χ1) is 13.1. The van der Waals surface area contributed by atoms with E-state index in [-0.39, 0.29) is 30.3 Å². The molecule has 0 radical (unpaired) electrons. The van der Waals surface area contributed by atoms with Gasteiger partial charge in [0.2, 0.25) is 0 Å². The summed E-state index contributed by atoms with van der Waals surface area (Å²) in [6.45, 7) is 2.39. The van der Waals surface area contributed by atoms with Gasteiger partial charge in [-0.05, 0) is 25.0 Å². The van der Waals surface area contributed by atoms with Gasteiger partial charge >= 0.3 is 0 Å². The molecule has 0 saturated carbocycles.